The molecule has 0 radical (unpaired) electrons. The standard InChI is InChI=1S/C11H12F3NO.HNO2S/c1-6-3-4-8(7(2)10(15)16)5-9(6)11(12,13)14;1-4(2)3/h3-5,7H,1-2H3,(H2,15,16);1H. The zero-order chi connectivity index (χ0) is 16.1. The van der Waals surface area contributed by atoms with Crippen LogP contribution in [0.5, 0.6) is 0 Å². The summed E-state index contributed by atoms with van der Waals surface area (Å²) in [6.45, 7) is 2.86. The van der Waals surface area contributed by atoms with Gasteiger partial charge in [0.2, 0.25) is 5.91 Å². The van der Waals surface area contributed by atoms with E-state index in [1.807, 2.05) is 0 Å². The normalized spacial score (nSPS) is 12.1. The number of nitrogens with two attached hydrogens (primary N) is 1. The molecule has 0 aromatic heterocycles. The summed E-state index contributed by atoms with van der Waals surface area (Å²) in [4.78, 5) is 10.9. The fourth-order valence-corrected chi connectivity index (χ4v) is 1.38. The van der Waals surface area contributed by atoms with Crippen LogP contribution in [-0.2, 0) is 21.5 Å². The quantitative estimate of drug-likeness (QED) is 0.875. The van der Waals surface area contributed by atoms with E-state index < -0.39 is 34.1 Å². The molecule has 0 aliphatic rings. The molecule has 1 unspecified atom stereocenters. The molecule has 9 heteroatoms. The molecule has 0 bridgehead atoms. The Morgan fingerprint density at radius 2 is 1.80 bits per heavy atom. The van der Waals surface area contributed by atoms with Gasteiger partial charge >= 0.3 is 16.7 Å². The third-order valence-electron chi connectivity index (χ3n) is 2.49. The van der Waals surface area contributed by atoms with Gasteiger partial charge in [-0.05, 0) is 31.0 Å². The molecule has 3 N–H and O–H groups in total. The van der Waals surface area contributed by atoms with Gasteiger partial charge in [0.15, 0.2) is 0 Å². The maximum absolute atomic E-state index is 12.6. The van der Waals surface area contributed by atoms with Crippen molar-refractivity contribution in [3.05, 3.63) is 34.9 Å². The van der Waals surface area contributed by atoms with Gasteiger partial charge in [0, 0.05) is 0 Å². The molecule has 1 aromatic rings. The predicted octanol–water partition coefficient (Wildman–Crippen LogP) is 2.23. The van der Waals surface area contributed by atoms with E-state index in [1.54, 1.807) is 0 Å². The van der Waals surface area contributed by atoms with Crippen molar-refractivity contribution in [2.75, 3.05) is 0 Å². The molecule has 0 aliphatic heterocycles. The largest absolute Gasteiger partial charge is 0.416 e. The molecule has 20 heavy (non-hydrogen) atoms. The molecule has 0 aliphatic carbocycles. The first-order valence-electron chi connectivity index (χ1n) is 5.24. The second kappa shape index (κ2) is 7.04. The van der Waals surface area contributed by atoms with E-state index in [1.165, 1.54) is 26.0 Å². The van der Waals surface area contributed by atoms with Gasteiger partial charge in [-0.1, -0.05) is 12.1 Å². The number of carbonyl (C=O) groups is 1. The second-order valence-electron chi connectivity index (χ2n) is 3.93. The van der Waals surface area contributed by atoms with E-state index in [-0.39, 0.29) is 11.1 Å². The van der Waals surface area contributed by atoms with Gasteiger partial charge in [-0.3, -0.25) is 4.79 Å². The molecule has 0 spiro atoms. The summed E-state index contributed by atoms with van der Waals surface area (Å²) in [5.41, 5.74) is 4.74. The van der Waals surface area contributed by atoms with Crippen LogP contribution >= 0.6 is 0 Å². The number of amides is 1. The van der Waals surface area contributed by atoms with Crippen LogP contribution in [0.25, 0.3) is 0 Å². The number of primary amides is 1. The van der Waals surface area contributed by atoms with Crippen LogP contribution in [0.3, 0.4) is 0 Å². The minimum Gasteiger partial charge on any atom is -0.369 e. The van der Waals surface area contributed by atoms with E-state index in [0.29, 0.717) is 0 Å². The SMILES string of the molecule is Cc1ccc(C(C)C(N)=O)cc1C(F)(F)F.N=S(=O)=O. The number of rotatable bonds is 2. The number of benzene rings is 1. The van der Waals surface area contributed by atoms with Crippen LogP contribution in [0.1, 0.15) is 29.5 Å². The highest BCUT2D eigenvalue weighted by Crippen LogP contribution is 2.33. The third kappa shape index (κ3) is 5.83. The maximum Gasteiger partial charge on any atom is 0.416 e. The molecule has 1 aromatic carbocycles. The van der Waals surface area contributed by atoms with Gasteiger partial charge in [0.25, 0.3) is 0 Å². The van der Waals surface area contributed by atoms with Crippen LogP contribution in [0.15, 0.2) is 18.2 Å². The Balaban J connectivity index is 0.000000796. The van der Waals surface area contributed by atoms with Crippen molar-refractivity contribution in [3.63, 3.8) is 0 Å². The first-order chi connectivity index (χ1) is 8.96. The topological polar surface area (TPSA) is 101 Å². The van der Waals surface area contributed by atoms with Crippen molar-refractivity contribution in [3.8, 4) is 0 Å². The summed E-state index contributed by atoms with van der Waals surface area (Å²) >= 11 is 0. The summed E-state index contributed by atoms with van der Waals surface area (Å²) in [7, 11) is -2.61. The van der Waals surface area contributed by atoms with Crippen molar-refractivity contribution in [2.45, 2.75) is 25.9 Å². The highest BCUT2D eigenvalue weighted by Gasteiger charge is 2.33. The summed E-state index contributed by atoms with van der Waals surface area (Å²) in [5.74, 6) is -1.36. The first kappa shape index (κ1) is 18.1. The Labute approximate surface area is 115 Å². The summed E-state index contributed by atoms with van der Waals surface area (Å²) in [6.07, 6.45) is -4.41. The molecule has 1 rings (SSSR count). The Bertz CT molecular complexity index is 590. The van der Waals surface area contributed by atoms with Crippen molar-refractivity contribution in [2.24, 2.45) is 5.73 Å². The van der Waals surface area contributed by atoms with Crippen molar-refractivity contribution >= 4 is 16.4 Å². The lowest BCUT2D eigenvalue weighted by Crippen LogP contribution is -2.19. The molecule has 0 heterocycles. The average Bonchev–Trinajstić information content (AvgIpc) is 2.26. The predicted molar refractivity (Wildman–Crippen MR) is 65.4 cm³/mol. The second-order valence-corrected chi connectivity index (χ2v) is 4.40. The van der Waals surface area contributed by atoms with Gasteiger partial charge in [-0.15, -0.1) is 0 Å². The summed E-state index contributed by atoms with van der Waals surface area (Å²) < 4.78 is 60.6. The number of hydrogen-bond donors (Lipinski definition) is 2. The lowest BCUT2D eigenvalue weighted by molar-refractivity contribution is -0.138. The molecule has 112 valence electrons. The maximum atomic E-state index is 12.6. The fraction of sp³-hybridized carbons (Fsp3) is 0.364. The van der Waals surface area contributed by atoms with Crippen molar-refractivity contribution < 1.29 is 26.4 Å². The van der Waals surface area contributed by atoms with Crippen LogP contribution < -0.4 is 5.73 Å². The fourth-order valence-electron chi connectivity index (χ4n) is 1.38. The minimum atomic E-state index is -4.41. The number of nitrogens with one attached hydrogen (secondary N) is 1. The van der Waals surface area contributed by atoms with Crippen LogP contribution in [-0.4, -0.2) is 14.3 Å². The monoisotopic (exact) mass is 310 g/mol. The third-order valence-corrected chi connectivity index (χ3v) is 2.49. The lowest BCUT2D eigenvalue weighted by atomic mass is 9.96. The Morgan fingerprint density at radius 1 is 1.35 bits per heavy atom. The molecule has 1 amide bonds. The summed E-state index contributed by atoms with van der Waals surface area (Å²) in [5, 5.41) is 0. The zero-order valence-electron chi connectivity index (χ0n) is 10.7. The van der Waals surface area contributed by atoms with Crippen LogP contribution in [0.4, 0.5) is 13.2 Å². The highest BCUT2D eigenvalue weighted by molar-refractivity contribution is 7.60. The van der Waals surface area contributed by atoms with E-state index >= 15 is 0 Å². The average molecular weight is 310 g/mol. The molecule has 1 atom stereocenters. The molecule has 0 saturated carbocycles. The van der Waals surface area contributed by atoms with Crippen LogP contribution in [0, 0.1) is 11.7 Å². The number of hydrogen-bond acceptors (Lipinski definition) is 4. The van der Waals surface area contributed by atoms with Gasteiger partial charge in [-0.25, -0.2) is 0 Å². The molecular formula is C11H13F3N2O3S. The minimum absolute atomic E-state index is 0.132. The van der Waals surface area contributed by atoms with Gasteiger partial charge in [0.1, 0.15) is 0 Å². The molecular weight excluding hydrogens is 297 g/mol. The van der Waals surface area contributed by atoms with E-state index in [0.717, 1.165) is 6.07 Å². The van der Waals surface area contributed by atoms with E-state index in [2.05, 4.69) is 0 Å². The Morgan fingerprint density at radius 3 is 2.15 bits per heavy atom. The molecule has 5 nitrogen and oxygen atoms in total. The van der Waals surface area contributed by atoms with E-state index in [9.17, 15) is 18.0 Å². The number of alkyl halides is 3. The lowest BCUT2D eigenvalue weighted by Gasteiger charge is -2.14. The zero-order valence-corrected chi connectivity index (χ0v) is 11.5. The van der Waals surface area contributed by atoms with E-state index in [4.69, 9.17) is 18.9 Å². The Hall–Kier alpha value is -1.90. The molecule has 0 fully saturated rings. The number of halogens is 3. The van der Waals surface area contributed by atoms with Crippen molar-refractivity contribution in [1.82, 2.24) is 0 Å². The van der Waals surface area contributed by atoms with Gasteiger partial charge in [-0.2, -0.15) is 26.4 Å². The van der Waals surface area contributed by atoms with Gasteiger partial charge < -0.3 is 5.73 Å². The van der Waals surface area contributed by atoms with Crippen molar-refractivity contribution in [1.29, 1.82) is 4.78 Å². The smallest absolute Gasteiger partial charge is 0.369 e. The number of aryl methyl sites for hydroxylation is 1. The van der Waals surface area contributed by atoms with Crippen LogP contribution in [0.2, 0.25) is 0 Å². The summed E-state index contributed by atoms with van der Waals surface area (Å²) in [6, 6.07) is 3.81. The Kier molecular flexibility index (Phi) is 6.37. The number of carbonyl (C=O) groups excluding carboxylic acids is 1. The first-order valence-corrected chi connectivity index (χ1v) is 6.31. The highest BCUT2D eigenvalue weighted by atomic mass is 32.2. The van der Waals surface area contributed by atoms with Gasteiger partial charge in [0.05, 0.1) is 11.5 Å². The molecule has 0 saturated heterocycles.